The fraction of sp³-hybridized carbons (Fsp3) is 0.692. The van der Waals surface area contributed by atoms with Crippen molar-refractivity contribution in [2.24, 2.45) is 5.92 Å². The van der Waals surface area contributed by atoms with Gasteiger partial charge in [-0.1, -0.05) is 13.8 Å². The number of rotatable bonds is 4. The average molecular weight is 251 g/mol. The molecule has 0 bridgehead atoms. The second-order valence-electron chi connectivity index (χ2n) is 4.89. The van der Waals surface area contributed by atoms with Gasteiger partial charge in [0.25, 0.3) is 0 Å². The lowest BCUT2D eigenvalue weighted by Gasteiger charge is -2.22. The lowest BCUT2D eigenvalue weighted by atomic mass is 10.1. The molecule has 100 valence electrons. The Morgan fingerprint density at radius 2 is 2.22 bits per heavy atom. The molecule has 0 aliphatic carbocycles. The van der Waals surface area contributed by atoms with Gasteiger partial charge < -0.3 is 14.8 Å². The number of nitrogens with zero attached hydrogens (tertiary/aromatic N) is 2. The van der Waals surface area contributed by atoms with Crippen molar-refractivity contribution in [1.29, 1.82) is 0 Å². The molecule has 0 saturated carbocycles. The average Bonchev–Trinajstić information content (AvgIpc) is 2.38. The standard InChI is InChI=1S/C13H21N3O2/c1-9(2)6-10-7-12(14-3)16-13(15-10)11-8-17-4-5-18-11/h7,9,11H,4-6,8H2,1-3H3,(H,14,15,16). The van der Waals surface area contributed by atoms with Crippen molar-refractivity contribution < 1.29 is 9.47 Å². The fourth-order valence-electron chi connectivity index (χ4n) is 1.95. The molecule has 0 spiro atoms. The van der Waals surface area contributed by atoms with Gasteiger partial charge >= 0.3 is 0 Å². The third-order valence-corrected chi connectivity index (χ3v) is 2.77. The first-order chi connectivity index (χ1) is 8.69. The normalized spacial score (nSPS) is 20.1. The monoisotopic (exact) mass is 251 g/mol. The molecule has 1 aromatic heterocycles. The molecule has 2 rings (SSSR count). The van der Waals surface area contributed by atoms with E-state index in [1.807, 2.05) is 13.1 Å². The Morgan fingerprint density at radius 1 is 1.39 bits per heavy atom. The van der Waals surface area contributed by atoms with Crippen molar-refractivity contribution >= 4 is 5.82 Å². The van der Waals surface area contributed by atoms with Crippen molar-refractivity contribution in [2.75, 3.05) is 32.2 Å². The predicted octanol–water partition coefficient (Wildman–Crippen LogP) is 1.80. The highest BCUT2D eigenvalue weighted by Gasteiger charge is 2.20. The number of anilines is 1. The Bertz CT molecular complexity index is 390. The predicted molar refractivity (Wildman–Crippen MR) is 69.6 cm³/mol. The summed E-state index contributed by atoms with van der Waals surface area (Å²) in [5.41, 5.74) is 1.05. The molecule has 0 radical (unpaired) electrons. The summed E-state index contributed by atoms with van der Waals surface area (Å²) in [5.74, 6) is 2.13. The second kappa shape index (κ2) is 6.11. The molecule has 1 saturated heterocycles. The van der Waals surface area contributed by atoms with Gasteiger partial charge in [0.1, 0.15) is 11.9 Å². The highest BCUT2D eigenvalue weighted by atomic mass is 16.6. The third-order valence-electron chi connectivity index (χ3n) is 2.77. The van der Waals surface area contributed by atoms with E-state index in [9.17, 15) is 0 Å². The van der Waals surface area contributed by atoms with Gasteiger partial charge in [-0.15, -0.1) is 0 Å². The summed E-state index contributed by atoms with van der Waals surface area (Å²) in [4.78, 5) is 9.04. The van der Waals surface area contributed by atoms with E-state index in [2.05, 4.69) is 29.1 Å². The zero-order chi connectivity index (χ0) is 13.0. The molecule has 1 atom stereocenters. The lowest BCUT2D eigenvalue weighted by molar-refractivity contribution is -0.0935. The maximum absolute atomic E-state index is 5.65. The molecule has 0 amide bonds. The van der Waals surface area contributed by atoms with Gasteiger partial charge in [0.05, 0.1) is 19.8 Å². The van der Waals surface area contributed by atoms with Crippen LogP contribution < -0.4 is 5.32 Å². The maximum Gasteiger partial charge on any atom is 0.162 e. The van der Waals surface area contributed by atoms with Crippen molar-refractivity contribution in [3.63, 3.8) is 0 Å². The van der Waals surface area contributed by atoms with Crippen LogP contribution in [0.2, 0.25) is 0 Å². The van der Waals surface area contributed by atoms with Gasteiger partial charge in [-0.3, -0.25) is 0 Å². The van der Waals surface area contributed by atoms with Crippen LogP contribution in [0.4, 0.5) is 5.82 Å². The topological polar surface area (TPSA) is 56.3 Å². The van der Waals surface area contributed by atoms with Gasteiger partial charge in [-0.2, -0.15) is 0 Å². The van der Waals surface area contributed by atoms with Crippen LogP contribution in [0.5, 0.6) is 0 Å². The molecule has 5 heteroatoms. The maximum atomic E-state index is 5.65. The Labute approximate surface area is 108 Å². The van der Waals surface area contributed by atoms with Gasteiger partial charge in [0.2, 0.25) is 0 Å². The van der Waals surface area contributed by atoms with Crippen LogP contribution in [0.3, 0.4) is 0 Å². The number of ether oxygens (including phenoxy) is 2. The molecule has 1 unspecified atom stereocenters. The summed E-state index contributed by atoms with van der Waals surface area (Å²) in [7, 11) is 1.86. The van der Waals surface area contributed by atoms with Crippen LogP contribution in [0.15, 0.2) is 6.07 Å². The summed E-state index contributed by atoms with van der Waals surface area (Å²) in [6, 6.07) is 1.99. The summed E-state index contributed by atoms with van der Waals surface area (Å²) in [6.07, 6.45) is 0.801. The first-order valence-corrected chi connectivity index (χ1v) is 6.44. The zero-order valence-electron chi connectivity index (χ0n) is 11.3. The van der Waals surface area contributed by atoms with E-state index in [1.54, 1.807) is 0 Å². The van der Waals surface area contributed by atoms with E-state index in [-0.39, 0.29) is 6.10 Å². The Balaban J connectivity index is 2.22. The molecule has 1 fully saturated rings. The summed E-state index contributed by atoms with van der Waals surface area (Å²) < 4.78 is 11.1. The summed E-state index contributed by atoms with van der Waals surface area (Å²) in [5, 5.41) is 3.07. The van der Waals surface area contributed by atoms with Crippen molar-refractivity contribution in [3.05, 3.63) is 17.6 Å². The minimum absolute atomic E-state index is 0.141. The van der Waals surface area contributed by atoms with Gasteiger partial charge in [0.15, 0.2) is 5.82 Å². The second-order valence-corrected chi connectivity index (χ2v) is 4.89. The molecular weight excluding hydrogens is 230 g/mol. The van der Waals surface area contributed by atoms with Crippen LogP contribution in [-0.4, -0.2) is 36.8 Å². The van der Waals surface area contributed by atoms with E-state index in [4.69, 9.17) is 9.47 Å². The number of aromatic nitrogens is 2. The molecule has 1 aliphatic heterocycles. The molecule has 1 aliphatic rings. The van der Waals surface area contributed by atoms with E-state index in [0.717, 1.165) is 23.8 Å². The summed E-state index contributed by atoms with van der Waals surface area (Å²) in [6.45, 7) is 6.16. The van der Waals surface area contributed by atoms with E-state index in [1.165, 1.54) is 0 Å². The number of hydrogen-bond donors (Lipinski definition) is 1. The molecular formula is C13H21N3O2. The molecule has 2 heterocycles. The molecule has 1 aromatic rings. The quantitative estimate of drug-likeness (QED) is 0.884. The van der Waals surface area contributed by atoms with E-state index >= 15 is 0 Å². The highest BCUT2D eigenvalue weighted by molar-refractivity contribution is 5.35. The van der Waals surface area contributed by atoms with Gasteiger partial charge in [-0.05, 0) is 12.3 Å². The molecule has 1 N–H and O–H groups in total. The van der Waals surface area contributed by atoms with Crippen molar-refractivity contribution in [1.82, 2.24) is 9.97 Å². The van der Waals surface area contributed by atoms with Crippen LogP contribution in [0.1, 0.15) is 31.5 Å². The molecule has 5 nitrogen and oxygen atoms in total. The van der Waals surface area contributed by atoms with Gasteiger partial charge in [0, 0.05) is 18.8 Å². The van der Waals surface area contributed by atoms with Crippen LogP contribution >= 0.6 is 0 Å². The smallest absolute Gasteiger partial charge is 0.162 e. The molecule has 0 aromatic carbocycles. The van der Waals surface area contributed by atoms with Crippen molar-refractivity contribution in [3.8, 4) is 0 Å². The first-order valence-electron chi connectivity index (χ1n) is 6.44. The first kappa shape index (κ1) is 13.2. The SMILES string of the molecule is CNc1cc(CC(C)C)nc(C2COCCO2)n1. The number of nitrogens with one attached hydrogen (secondary N) is 1. The third kappa shape index (κ3) is 3.40. The van der Waals surface area contributed by atoms with Gasteiger partial charge in [-0.25, -0.2) is 9.97 Å². The molecule has 18 heavy (non-hydrogen) atoms. The number of hydrogen-bond acceptors (Lipinski definition) is 5. The fourth-order valence-corrected chi connectivity index (χ4v) is 1.95. The highest BCUT2D eigenvalue weighted by Crippen LogP contribution is 2.20. The zero-order valence-corrected chi connectivity index (χ0v) is 11.3. The van der Waals surface area contributed by atoms with Crippen molar-refractivity contribution in [2.45, 2.75) is 26.4 Å². The van der Waals surface area contributed by atoms with Crippen LogP contribution in [0.25, 0.3) is 0 Å². The Hall–Kier alpha value is -1.20. The summed E-state index contributed by atoms with van der Waals surface area (Å²) >= 11 is 0. The van der Waals surface area contributed by atoms with E-state index < -0.39 is 0 Å². The Morgan fingerprint density at radius 3 is 2.83 bits per heavy atom. The minimum atomic E-state index is -0.141. The minimum Gasteiger partial charge on any atom is -0.376 e. The van der Waals surface area contributed by atoms with E-state index in [0.29, 0.717) is 25.7 Å². The lowest BCUT2D eigenvalue weighted by Crippen LogP contribution is -2.24. The van der Waals surface area contributed by atoms with Crippen LogP contribution in [-0.2, 0) is 15.9 Å². The Kier molecular flexibility index (Phi) is 4.49. The van der Waals surface area contributed by atoms with Crippen LogP contribution in [0, 0.1) is 5.92 Å². The largest absolute Gasteiger partial charge is 0.376 e.